The molecule has 0 bridgehead atoms. The molecule has 0 spiro atoms. The first-order valence-corrected chi connectivity index (χ1v) is 19.4. The van der Waals surface area contributed by atoms with Crippen LogP contribution in [0.15, 0.2) is 164 Å². The van der Waals surface area contributed by atoms with Gasteiger partial charge >= 0.3 is 18.0 Å². The van der Waals surface area contributed by atoms with Crippen molar-refractivity contribution >= 4 is 35.6 Å². The molecule has 0 unspecified atom stereocenters. The minimum absolute atomic E-state index is 0.110. The van der Waals surface area contributed by atoms with E-state index in [0.29, 0.717) is 51.2 Å². The highest BCUT2D eigenvalue weighted by Crippen LogP contribution is 2.28. The largest absolute Gasteiger partial charge is 0.497 e. The van der Waals surface area contributed by atoms with Crippen LogP contribution in [0.1, 0.15) is 47.8 Å². The minimum atomic E-state index is -0.153. The predicted octanol–water partition coefficient (Wildman–Crippen LogP) is 11.0. The summed E-state index contributed by atoms with van der Waals surface area (Å²) in [6.07, 6.45) is 9.59. The van der Waals surface area contributed by atoms with Crippen LogP contribution in [0.5, 0.6) is 52.5 Å². The van der Waals surface area contributed by atoms with Crippen LogP contribution in [0.3, 0.4) is 0 Å². The van der Waals surface area contributed by atoms with Crippen LogP contribution >= 0.6 is 0 Å². The van der Waals surface area contributed by atoms with E-state index >= 15 is 0 Å². The second-order valence-corrected chi connectivity index (χ2v) is 13.5. The third-order valence-corrected chi connectivity index (χ3v) is 9.25. The van der Waals surface area contributed by atoms with Crippen LogP contribution in [-0.4, -0.2) is 53.6 Å². The Kier molecular flexibility index (Phi) is 13.9. The number of carbonyl (C=O) groups excluding carboxylic acids is 3. The third-order valence-electron chi connectivity index (χ3n) is 9.25. The second-order valence-electron chi connectivity index (χ2n) is 13.5. The highest BCUT2D eigenvalue weighted by molar-refractivity contribution is 6.08. The van der Waals surface area contributed by atoms with Gasteiger partial charge in [-0.15, -0.1) is 15.0 Å². The first-order valence-electron chi connectivity index (χ1n) is 19.4. The lowest BCUT2D eigenvalue weighted by molar-refractivity contribution is 0.103. The van der Waals surface area contributed by atoms with E-state index in [1.807, 2.05) is 0 Å². The van der Waals surface area contributed by atoms with Crippen molar-refractivity contribution in [3.8, 4) is 52.5 Å². The number of carbonyl (C=O) groups is 3. The molecular formula is C51H39N3O9. The molecule has 1 heterocycles. The number of allylic oxidation sites excluding steroid dienone is 3. The second kappa shape index (κ2) is 20.6. The van der Waals surface area contributed by atoms with E-state index in [4.69, 9.17) is 28.4 Å². The van der Waals surface area contributed by atoms with Crippen LogP contribution in [0.25, 0.3) is 18.2 Å². The first kappa shape index (κ1) is 42.5. The molecule has 12 heteroatoms. The van der Waals surface area contributed by atoms with E-state index in [-0.39, 0.29) is 35.4 Å². The molecule has 0 amide bonds. The summed E-state index contributed by atoms with van der Waals surface area (Å²) in [6.45, 7) is 0. The molecule has 6 aromatic carbocycles. The fraction of sp³-hybridized carbons (Fsp3) is 0.0588. The van der Waals surface area contributed by atoms with Gasteiger partial charge in [0.05, 0.1) is 21.3 Å². The zero-order chi connectivity index (χ0) is 44.0. The van der Waals surface area contributed by atoms with Crippen molar-refractivity contribution in [3.63, 3.8) is 0 Å². The Hall–Kier alpha value is -8.64. The van der Waals surface area contributed by atoms with Crippen molar-refractivity contribution in [2.45, 2.75) is 0 Å². The molecule has 63 heavy (non-hydrogen) atoms. The maximum Gasteiger partial charge on any atom is 0.331 e. The average molecular weight is 838 g/mol. The molecule has 0 aliphatic carbocycles. The third kappa shape index (κ3) is 12.0. The van der Waals surface area contributed by atoms with Crippen LogP contribution < -0.4 is 28.4 Å². The highest BCUT2D eigenvalue weighted by atomic mass is 16.5. The molecule has 0 saturated heterocycles. The summed E-state index contributed by atoms with van der Waals surface area (Å²) in [5, 5.41) is 0. The van der Waals surface area contributed by atoms with Gasteiger partial charge in [0.1, 0.15) is 34.5 Å². The molecule has 0 saturated carbocycles. The Morgan fingerprint density at radius 3 is 0.778 bits per heavy atom. The number of ketones is 3. The molecule has 0 radical (unpaired) electrons. The van der Waals surface area contributed by atoms with Crippen molar-refractivity contribution in [3.05, 3.63) is 197 Å². The van der Waals surface area contributed by atoms with Crippen molar-refractivity contribution in [2.75, 3.05) is 21.3 Å². The minimum Gasteiger partial charge on any atom is -0.497 e. The maximum atomic E-state index is 12.7. The van der Waals surface area contributed by atoms with Crippen molar-refractivity contribution in [1.29, 1.82) is 0 Å². The molecule has 312 valence electrons. The lowest BCUT2D eigenvalue weighted by Crippen LogP contribution is -2.01. The van der Waals surface area contributed by atoms with Gasteiger partial charge in [0.2, 0.25) is 0 Å². The van der Waals surface area contributed by atoms with Gasteiger partial charge in [0.15, 0.2) is 17.3 Å². The summed E-state index contributed by atoms with van der Waals surface area (Å²) in [6, 6.07) is 41.2. The zero-order valence-corrected chi connectivity index (χ0v) is 34.3. The van der Waals surface area contributed by atoms with Crippen molar-refractivity contribution in [1.82, 2.24) is 15.0 Å². The van der Waals surface area contributed by atoms with Gasteiger partial charge in [-0.3, -0.25) is 14.4 Å². The van der Waals surface area contributed by atoms with E-state index in [9.17, 15) is 14.4 Å². The van der Waals surface area contributed by atoms with Crippen molar-refractivity contribution in [2.24, 2.45) is 0 Å². The Morgan fingerprint density at radius 2 is 0.556 bits per heavy atom. The molecule has 0 atom stereocenters. The first-order chi connectivity index (χ1) is 30.7. The smallest absolute Gasteiger partial charge is 0.331 e. The summed E-state index contributed by atoms with van der Waals surface area (Å²) in [5.41, 5.74) is 3.90. The summed E-state index contributed by atoms with van der Waals surface area (Å²) in [7, 11) is 4.71. The molecule has 1 aromatic heterocycles. The highest BCUT2D eigenvalue weighted by Gasteiger charge is 2.14. The number of methoxy groups -OCH3 is 3. The summed E-state index contributed by atoms with van der Waals surface area (Å²) < 4.78 is 33.6. The van der Waals surface area contributed by atoms with Gasteiger partial charge in [-0.2, -0.15) is 0 Å². The Balaban J connectivity index is 1.06. The number of hydrogen-bond donors (Lipinski definition) is 0. The molecule has 0 N–H and O–H groups in total. The fourth-order valence-corrected chi connectivity index (χ4v) is 5.78. The SMILES string of the molecule is COc1ccc(C(=O)/C=C/c2ccc(Oc3nc(Oc4ccc(/C=C/C(=O)c5ccc(OC)cc5)cc4)nc(Oc4ccc(/C=C/C(=O)c5ccc(OC)cc5)cc4)n3)cc2)cc1. The summed E-state index contributed by atoms with van der Waals surface area (Å²) in [5.74, 6) is 2.74. The van der Waals surface area contributed by atoms with E-state index < -0.39 is 0 Å². The molecule has 0 aliphatic heterocycles. The number of rotatable bonds is 18. The topological polar surface area (TPSA) is 145 Å². The van der Waals surface area contributed by atoms with E-state index in [0.717, 1.165) is 16.7 Å². The van der Waals surface area contributed by atoms with Crippen molar-refractivity contribution < 1.29 is 42.8 Å². The zero-order valence-electron chi connectivity index (χ0n) is 34.3. The molecule has 7 aromatic rings. The van der Waals surface area contributed by atoms with Gasteiger partial charge in [-0.25, -0.2) is 0 Å². The van der Waals surface area contributed by atoms with E-state index in [1.54, 1.807) is 185 Å². The number of nitrogens with zero attached hydrogens (tertiary/aromatic N) is 3. The van der Waals surface area contributed by atoms with E-state index in [2.05, 4.69) is 15.0 Å². The molecular weight excluding hydrogens is 799 g/mol. The summed E-state index contributed by atoms with van der Waals surface area (Å²) in [4.78, 5) is 51.2. The Bertz CT molecular complexity index is 2450. The molecule has 0 aliphatic rings. The average Bonchev–Trinajstić information content (AvgIpc) is 3.33. The normalized spacial score (nSPS) is 11.1. The summed E-state index contributed by atoms with van der Waals surface area (Å²) >= 11 is 0. The van der Waals surface area contributed by atoms with Gasteiger partial charge in [-0.05, 0) is 144 Å². The molecule has 0 fully saturated rings. The predicted molar refractivity (Wildman–Crippen MR) is 238 cm³/mol. The lowest BCUT2D eigenvalue weighted by Gasteiger charge is -2.10. The van der Waals surface area contributed by atoms with Crippen LogP contribution in [-0.2, 0) is 0 Å². The number of benzene rings is 6. The molecule has 12 nitrogen and oxygen atoms in total. The Labute approximate surface area is 363 Å². The standard InChI is InChI=1S/C51H39N3O9/c1-58-40-25-13-37(14-26-40)46(55)31-10-34-4-19-43(20-5-34)61-49-52-50(62-44-21-6-35(7-22-44)11-32-47(56)38-15-27-41(59-2)28-16-38)54-51(53-49)63-45-23-8-36(9-24-45)12-33-48(57)39-17-29-42(60-3)30-18-39/h4-33H,1-3H3/b31-10+,32-11+,33-12+. The van der Waals surface area contributed by atoms with Crippen LogP contribution in [0.2, 0.25) is 0 Å². The van der Waals surface area contributed by atoms with Gasteiger partial charge in [-0.1, -0.05) is 54.6 Å². The number of ether oxygens (including phenoxy) is 6. The van der Waals surface area contributed by atoms with Crippen LogP contribution in [0, 0.1) is 0 Å². The maximum absolute atomic E-state index is 12.7. The number of aromatic nitrogens is 3. The fourth-order valence-electron chi connectivity index (χ4n) is 5.78. The lowest BCUT2D eigenvalue weighted by atomic mass is 10.1. The van der Waals surface area contributed by atoms with E-state index in [1.165, 1.54) is 18.2 Å². The molecule has 7 rings (SSSR count). The quantitative estimate of drug-likeness (QED) is 0.0599. The van der Waals surface area contributed by atoms with Gasteiger partial charge in [0, 0.05) is 16.7 Å². The monoisotopic (exact) mass is 837 g/mol. The Morgan fingerprint density at radius 1 is 0.333 bits per heavy atom. The number of hydrogen-bond acceptors (Lipinski definition) is 12. The van der Waals surface area contributed by atoms with Gasteiger partial charge in [0.25, 0.3) is 0 Å². The van der Waals surface area contributed by atoms with Crippen LogP contribution in [0.4, 0.5) is 0 Å². The van der Waals surface area contributed by atoms with Gasteiger partial charge < -0.3 is 28.4 Å².